The largest absolute Gasteiger partial charge is 0.483 e. The molecule has 1 N–H and O–H groups in total. The molecule has 0 radical (unpaired) electrons. The van der Waals surface area contributed by atoms with E-state index >= 15 is 0 Å². The van der Waals surface area contributed by atoms with Gasteiger partial charge in [0.15, 0.2) is 6.61 Å². The van der Waals surface area contributed by atoms with Gasteiger partial charge >= 0.3 is 0 Å². The summed E-state index contributed by atoms with van der Waals surface area (Å²) in [5.74, 6) is 0.441. The van der Waals surface area contributed by atoms with Gasteiger partial charge in [0.1, 0.15) is 16.9 Å². The highest BCUT2D eigenvalue weighted by molar-refractivity contribution is 9.10. The van der Waals surface area contributed by atoms with Crippen LogP contribution in [-0.2, 0) is 14.9 Å². The van der Waals surface area contributed by atoms with Gasteiger partial charge in [-0.05, 0) is 36.5 Å². The topological polar surface area (TPSA) is 73.3 Å². The van der Waals surface area contributed by atoms with E-state index in [1.165, 1.54) is 11.3 Å². The first kappa shape index (κ1) is 19.3. The molecular weight excluding hydrogens is 418 g/mol. The number of hydrogen-bond donors (Lipinski definition) is 1. The van der Waals surface area contributed by atoms with Crippen LogP contribution in [0.15, 0.2) is 22.7 Å². The molecule has 0 bridgehead atoms. The number of amides is 1. The Balaban J connectivity index is 1.59. The predicted octanol–water partition coefficient (Wildman–Crippen LogP) is 4.47. The second kappa shape index (κ2) is 8.02. The fourth-order valence-electron chi connectivity index (χ4n) is 2.70. The molecule has 1 unspecified atom stereocenters. The Hall–Kier alpha value is -1.51. The van der Waals surface area contributed by atoms with Crippen molar-refractivity contribution in [3.63, 3.8) is 0 Å². The van der Waals surface area contributed by atoms with Crippen molar-refractivity contribution in [3.05, 3.63) is 33.2 Å². The second-order valence-corrected chi connectivity index (χ2v) is 9.10. The zero-order valence-electron chi connectivity index (χ0n) is 15.0. The number of nitrogens with zero attached hydrogens (tertiary/aromatic N) is 2. The van der Waals surface area contributed by atoms with Crippen molar-refractivity contribution in [1.82, 2.24) is 10.2 Å². The van der Waals surface area contributed by atoms with Gasteiger partial charge < -0.3 is 9.47 Å². The number of ether oxygens (including phenoxy) is 2. The van der Waals surface area contributed by atoms with Crippen molar-refractivity contribution >= 4 is 38.3 Å². The zero-order valence-corrected chi connectivity index (χ0v) is 17.4. The Morgan fingerprint density at radius 1 is 1.42 bits per heavy atom. The van der Waals surface area contributed by atoms with Gasteiger partial charge in [-0.3, -0.25) is 10.1 Å². The van der Waals surface area contributed by atoms with Gasteiger partial charge in [0, 0.05) is 16.6 Å². The van der Waals surface area contributed by atoms with Crippen molar-refractivity contribution in [3.8, 4) is 5.75 Å². The van der Waals surface area contributed by atoms with E-state index in [0.717, 1.165) is 34.5 Å². The summed E-state index contributed by atoms with van der Waals surface area (Å²) in [5, 5.41) is 12.1. The average molecular weight is 440 g/mol. The van der Waals surface area contributed by atoms with Crippen LogP contribution in [-0.4, -0.2) is 29.3 Å². The summed E-state index contributed by atoms with van der Waals surface area (Å²) >= 11 is 4.83. The van der Waals surface area contributed by atoms with Crippen LogP contribution in [0.5, 0.6) is 5.75 Å². The minimum atomic E-state index is -0.261. The summed E-state index contributed by atoms with van der Waals surface area (Å²) in [4.78, 5) is 12.2. The minimum Gasteiger partial charge on any atom is -0.483 e. The molecule has 0 spiro atoms. The third kappa shape index (κ3) is 4.81. The Morgan fingerprint density at radius 3 is 2.92 bits per heavy atom. The lowest BCUT2D eigenvalue weighted by molar-refractivity contribution is -0.118. The number of hydrogen-bond acceptors (Lipinski definition) is 6. The zero-order chi connectivity index (χ0) is 18.7. The van der Waals surface area contributed by atoms with E-state index < -0.39 is 0 Å². The van der Waals surface area contributed by atoms with E-state index in [2.05, 4.69) is 52.2 Å². The first-order chi connectivity index (χ1) is 12.3. The highest BCUT2D eigenvalue weighted by Gasteiger charge is 2.23. The van der Waals surface area contributed by atoms with E-state index in [1.54, 1.807) is 0 Å². The Morgan fingerprint density at radius 2 is 2.23 bits per heavy atom. The molecule has 140 valence electrons. The maximum absolute atomic E-state index is 12.2. The molecule has 1 amide bonds. The predicted molar refractivity (Wildman–Crippen MR) is 105 cm³/mol. The van der Waals surface area contributed by atoms with Crippen molar-refractivity contribution < 1.29 is 14.3 Å². The normalized spacial score (nSPS) is 17.3. The molecule has 6 nitrogen and oxygen atoms in total. The van der Waals surface area contributed by atoms with E-state index in [4.69, 9.17) is 9.47 Å². The Kier molecular flexibility index (Phi) is 5.94. The number of rotatable bonds is 5. The number of aromatic nitrogens is 2. The van der Waals surface area contributed by atoms with E-state index in [9.17, 15) is 4.79 Å². The average Bonchev–Trinajstić information content (AvgIpc) is 3.24. The van der Waals surface area contributed by atoms with Gasteiger partial charge in [-0.1, -0.05) is 48.0 Å². The fourth-order valence-corrected chi connectivity index (χ4v) is 3.91. The Bertz CT molecular complexity index is 782. The lowest BCUT2D eigenvalue weighted by atomic mass is 9.86. The second-order valence-electron chi connectivity index (χ2n) is 7.17. The van der Waals surface area contributed by atoms with Gasteiger partial charge in [-0.25, -0.2) is 0 Å². The van der Waals surface area contributed by atoms with Crippen LogP contribution in [0.2, 0.25) is 0 Å². The van der Waals surface area contributed by atoms with Gasteiger partial charge in [-0.15, -0.1) is 10.2 Å². The molecule has 8 heteroatoms. The van der Waals surface area contributed by atoms with Crippen molar-refractivity contribution in [1.29, 1.82) is 0 Å². The molecule has 1 aromatic carbocycles. The molecule has 3 rings (SSSR count). The third-order valence-corrected chi connectivity index (χ3v) is 5.42. The summed E-state index contributed by atoms with van der Waals surface area (Å²) in [6.07, 6.45) is 1.99. The molecule has 1 atom stereocenters. The van der Waals surface area contributed by atoms with Gasteiger partial charge in [0.25, 0.3) is 5.91 Å². The molecule has 1 fully saturated rings. The van der Waals surface area contributed by atoms with Crippen LogP contribution in [0.1, 0.15) is 50.3 Å². The molecule has 1 saturated heterocycles. The van der Waals surface area contributed by atoms with Crippen LogP contribution in [0, 0.1) is 0 Å². The maximum Gasteiger partial charge on any atom is 0.264 e. The van der Waals surface area contributed by atoms with Gasteiger partial charge in [0.05, 0.1) is 0 Å². The van der Waals surface area contributed by atoms with Crippen LogP contribution >= 0.6 is 27.3 Å². The molecule has 1 aliphatic rings. The summed E-state index contributed by atoms with van der Waals surface area (Å²) in [7, 11) is 0. The van der Waals surface area contributed by atoms with E-state index in [-0.39, 0.29) is 24.0 Å². The SMILES string of the molecule is CC(C)(C)c1cc(Br)ccc1OCC(=O)Nc1nnc(C2CCCO2)s1. The standard InChI is InChI=1S/C18H22BrN3O3S/c1-18(2,3)12-9-11(19)6-7-13(12)25-10-15(23)20-17-22-21-16(26-17)14-5-4-8-24-14/h6-7,9,14H,4-5,8,10H2,1-3H3,(H,20,22,23). The minimum absolute atomic E-state index is 0.00603. The number of anilines is 1. The van der Waals surface area contributed by atoms with Crippen molar-refractivity contribution in [2.45, 2.75) is 45.1 Å². The molecule has 0 saturated carbocycles. The fraction of sp³-hybridized carbons (Fsp3) is 0.500. The van der Waals surface area contributed by atoms with Crippen LogP contribution < -0.4 is 10.1 Å². The first-order valence-corrected chi connectivity index (χ1v) is 10.1. The number of benzene rings is 1. The first-order valence-electron chi connectivity index (χ1n) is 8.50. The molecule has 1 aliphatic heterocycles. The monoisotopic (exact) mass is 439 g/mol. The third-order valence-electron chi connectivity index (χ3n) is 4.00. The number of carbonyl (C=O) groups excluding carboxylic acids is 1. The number of halogens is 1. The lowest BCUT2D eigenvalue weighted by Crippen LogP contribution is -2.22. The summed E-state index contributed by atoms with van der Waals surface area (Å²) in [6.45, 7) is 6.99. The molecule has 26 heavy (non-hydrogen) atoms. The van der Waals surface area contributed by atoms with Gasteiger partial charge in [-0.2, -0.15) is 0 Å². The van der Waals surface area contributed by atoms with Crippen molar-refractivity contribution in [2.75, 3.05) is 18.5 Å². The summed E-state index contributed by atoms with van der Waals surface area (Å²) in [5.41, 5.74) is 0.946. The highest BCUT2D eigenvalue weighted by Crippen LogP contribution is 2.34. The van der Waals surface area contributed by atoms with Gasteiger partial charge in [0.2, 0.25) is 5.13 Å². The maximum atomic E-state index is 12.2. The molecule has 2 aromatic rings. The van der Waals surface area contributed by atoms with Crippen molar-refractivity contribution in [2.24, 2.45) is 0 Å². The number of carbonyl (C=O) groups is 1. The van der Waals surface area contributed by atoms with E-state index in [1.807, 2.05) is 18.2 Å². The van der Waals surface area contributed by atoms with Crippen LogP contribution in [0.3, 0.4) is 0 Å². The highest BCUT2D eigenvalue weighted by atomic mass is 79.9. The van der Waals surface area contributed by atoms with E-state index in [0.29, 0.717) is 10.9 Å². The molecular formula is C18H22BrN3O3S. The number of nitrogens with one attached hydrogen (secondary N) is 1. The smallest absolute Gasteiger partial charge is 0.264 e. The lowest BCUT2D eigenvalue weighted by Gasteiger charge is -2.23. The quantitative estimate of drug-likeness (QED) is 0.743. The molecule has 1 aromatic heterocycles. The Labute approximate surface area is 165 Å². The van der Waals surface area contributed by atoms with Crippen LogP contribution in [0.4, 0.5) is 5.13 Å². The molecule has 2 heterocycles. The molecule has 0 aliphatic carbocycles. The summed E-state index contributed by atoms with van der Waals surface area (Å²) in [6, 6.07) is 5.80. The van der Waals surface area contributed by atoms with Crippen LogP contribution in [0.25, 0.3) is 0 Å². The summed E-state index contributed by atoms with van der Waals surface area (Å²) < 4.78 is 12.3.